The van der Waals surface area contributed by atoms with Gasteiger partial charge in [-0.1, -0.05) is 41.4 Å². The van der Waals surface area contributed by atoms with E-state index in [1.165, 1.54) is 29.2 Å². The molecule has 4 rings (SSSR count). The Hall–Kier alpha value is -3.75. The Morgan fingerprint density at radius 2 is 1.84 bits per heavy atom. The van der Waals surface area contributed by atoms with Crippen molar-refractivity contribution in [3.63, 3.8) is 0 Å². The van der Waals surface area contributed by atoms with Crippen LogP contribution in [-0.4, -0.2) is 22.9 Å². The minimum atomic E-state index is -1.38. The number of amides is 2. The molecular weight excluding hydrogens is 452 g/mol. The molecule has 2 heterocycles. The molecule has 1 saturated heterocycles. The number of furan rings is 1. The molecule has 9 heteroatoms. The van der Waals surface area contributed by atoms with Crippen LogP contribution in [0.3, 0.4) is 0 Å². The van der Waals surface area contributed by atoms with E-state index >= 15 is 0 Å². The van der Waals surface area contributed by atoms with Gasteiger partial charge >= 0.3 is 0 Å². The van der Waals surface area contributed by atoms with E-state index < -0.39 is 17.8 Å². The zero-order chi connectivity index (χ0) is 23.0. The lowest BCUT2D eigenvalue weighted by atomic mass is 10.1. The maximum Gasteiger partial charge on any atom is 0.270 e. The maximum absolute atomic E-state index is 13.0. The predicted octanol–water partition coefficient (Wildman–Crippen LogP) is 3.10. The number of benzene rings is 2. The lowest BCUT2D eigenvalue weighted by Gasteiger charge is -2.28. The first-order chi connectivity index (χ1) is 15.2. The summed E-state index contributed by atoms with van der Waals surface area (Å²) in [7, 11) is 0. The van der Waals surface area contributed by atoms with Crippen molar-refractivity contribution >= 4 is 58.5 Å². The summed E-state index contributed by atoms with van der Waals surface area (Å²) >= 11 is 11.2. The second kappa shape index (κ2) is 8.41. The number of halogens is 1. The Morgan fingerprint density at radius 3 is 2.50 bits per heavy atom. The molecule has 0 radical (unpaired) electrons. The van der Waals surface area contributed by atoms with Crippen LogP contribution >= 0.6 is 23.8 Å². The number of aromatic carboxylic acids is 1. The van der Waals surface area contributed by atoms with Crippen LogP contribution in [0, 0.1) is 6.92 Å². The van der Waals surface area contributed by atoms with Crippen molar-refractivity contribution in [1.29, 1.82) is 0 Å². The van der Waals surface area contributed by atoms with Gasteiger partial charge < -0.3 is 14.3 Å². The number of carbonyl (C=O) groups excluding carboxylic acids is 3. The van der Waals surface area contributed by atoms with Crippen molar-refractivity contribution in [3.05, 3.63) is 82.1 Å². The normalized spacial score (nSPS) is 15.2. The van der Waals surface area contributed by atoms with Crippen LogP contribution in [-0.2, 0) is 9.59 Å². The molecule has 3 aromatic rings. The Bertz CT molecular complexity index is 1310. The second-order valence-electron chi connectivity index (χ2n) is 6.98. The van der Waals surface area contributed by atoms with Crippen molar-refractivity contribution in [3.8, 4) is 11.3 Å². The zero-order valence-corrected chi connectivity index (χ0v) is 18.1. The molecular formula is C23H14ClN2O5S-. The SMILES string of the molecule is Cc1ccc(N2C(=O)/C(=C\c3ccc(-c4ccc(C(=O)[O-])c(Cl)c4)o3)C(=O)NC2=S)cc1. The van der Waals surface area contributed by atoms with Gasteiger partial charge in [0.1, 0.15) is 17.1 Å². The number of rotatable bonds is 4. The minimum Gasteiger partial charge on any atom is -0.545 e. The first-order valence-electron chi connectivity index (χ1n) is 9.34. The van der Waals surface area contributed by atoms with E-state index in [9.17, 15) is 19.5 Å². The molecule has 1 fully saturated rings. The summed E-state index contributed by atoms with van der Waals surface area (Å²) in [6.45, 7) is 1.92. The van der Waals surface area contributed by atoms with E-state index in [1.54, 1.807) is 24.3 Å². The molecule has 0 atom stereocenters. The third-order valence-corrected chi connectivity index (χ3v) is 5.38. The molecule has 0 unspecified atom stereocenters. The van der Waals surface area contributed by atoms with E-state index in [1.807, 2.05) is 19.1 Å². The fourth-order valence-electron chi connectivity index (χ4n) is 3.15. The molecule has 0 aliphatic carbocycles. The number of thiocarbonyl (C=S) groups is 1. The van der Waals surface area contributed by atoms with Crippen molar-refractivity contribution in [1.82, 2.24) is 5.32 Å². The number of nitrogens with one attached hydrogen (secondary N) is 1. The third kappa shape index (κ3) is 4.05. The topological polar surface area (TPSA) is 103 Å². The van der Waals surface area contributed by atoms with E-state index in [-0.39, 0.29) is 27.0 Å². The van der Waals surface area contributed by atoms with E-state index in [0.717, 1.165) is 5.56 Å². The van der Waals surface area contributed by atoms with Crippen LogP contribution in [0.4, 0.5) is 5.69 Å². The van der Waals surface area contributed by atoms with Gasteiger partial charge in [-0.05, 0) is 55.5 Å². The van der Waals surface area contributed by atoms with Crippen LogP contribution in [0.15, 0.2) is 64.6 Å². The number of hydrogen-bond acceptors (Lipinski definition) is 6. The van der Waals surface area contributed by atoms with Gasteiger partial charge in [0.15, 0.2) is 5.11 Å². The molecule has 160 valence electrons. The van der Waals surface area contributed by atoms with Gasteiger partial charge in [-0.3, -0.25) is 19.8 Å². The molecule has 2 aromatic carbocycles. The van der Waals surface area contributed by atoms with Crippen LogP contribution in [0.25, 0.3) is 17.4 Å². The first-order valence-corrected chi connectivity index (χ1v) is 10.1. The van der Waals surface area contributed by atoms with Crippen molar-refractivity contribution in [2.24, 2.45) is 0 Å². The summed E-state index contributed by atoms with van der Waals surface area (Å²) in [6.07, 6.45) is 1.32. The fraction of sp³-hybridized carbons (Fsp3) is 0.0435. The number of carbonyl (C=O) groups is 3. The highest BCUT2D eigenvalue weighted by Gasteiger charge is 2.34. The summed E-state index contributed by atoms with van der Waals surface area (Å²) in [5.41, 5.74) is 1.77. The maximum atomic E-state index is 13.0. The van der Waals surface area contributed by atoms with Crippen molar-refractivity contribution < 1.29 is 23.9 Å². The Morgan fingerprint density at radius 1 is 1.12 bits per heavy atom. The molecule has 7 nitrogen and oxygen atoms in total. The van der Waals surface area contributed by atoms with Gasteiger partial charge in [0.2, 0.25) is 0 Å². The van der Waals surface area contributed by atoms with Gasteiger partial charge in [0.05, 0.1) is 16.7 Å². The van der Waals surface area contributed by atoms with E-state index in [2.05, 4.69) is 5.32 Å². The molecule has 2 amide bonds. The van der Waals surface area contributed by atoms with Gasteiger partial charge in [-0.2, -0.15) is 0 Å². The second-order valence-corrected chi connectivity index (χ2v) is 7.77. The zero-order valence-electron chi connectivity index (χ0n) is 16.5. The number of carboxylic acids is 1. The van der Waals surface area contributed by atoms with Gasteiger partial charge in [-0.25, -0.2) is 0 Å². The largest absolute Gasteiger partial charge is 0.545 e. The third-order valence-electron chi connectivity index (χ3n) is 4.78. The minimum absolute atomic E-state index is 0.00268. The molecule has 1 N–H and O–H groups in total. The Balaban J connectivity index is 1.65. The first kappa shape index (κ1) is 21.5. The molecule has 0 bridgehead atoms. The number of nitrogens with zero attached hydrogens (tertiary/aromatic N) is 1. The number of anilines is 1. The van der Waals surface area contributed by atoms with Gasteiger partial charge in [-0.15, -0.1) is 0 Å². The fourth-order valence-corrected chi connectivity index (χ4v) is 3.69. The summed E-state index contributed by atoms with van der Waals surface area (Å²) in [5, 5.41) is 13.5. The molecule has 32 heavy (non-hydrogen) atoms. The van der Waals surface area contributed by atoms with Gasteiger partial charge in [0.25, 0.3) is 11.8 Å². The van der Waals surface area contributed by atoms with Crippen LogP contribution in [0.2, 0.25) is 5.02 Å². The molecule has 1 aliphatic heterocycles. The predicted molar refractivity (Wildman–Crippen MR) is 121 cm³/mol. The van der Waals surface area contributed by atoms with Gasteiger partial charge in [0, 0.05) is 11.1 Å². The molecule has 0 saturated carbocycles. The highest BCUT2D eigenvalue weighted by Crippen LogP contribution is 2.29. The lowest BCUT2D eigenvalue weighted by molar-refractivity contribution is -0.255. The monoisotopic (exact) mass is 465 g/mol. The molecule has 0 spiro atoms. The van der Waals surface area contributed by atoms with Crippen LogP contribution < -0.4 is 15.3 Å². The number of hydrogen-bond donors (Lipinski definition) is 1. The van der Waals surface area contributed by atoms with Crippen LogP contribution in [0.1, 0.15) is 21.7 Å². The number of aryl methyl sites for hydroxylation is 1. The molecule has 1 aliphatic rings. The summed E-state index contributed by atoms with van der Waals surface area (Å²) in [5.74, 6) is -1.98. The Kier molecular flexibility index (Phi) is 5.65. The van der Waals surface area contributed by atoms with Crippen LogP contribution in [0.5, 0.6) is 0 Å². The summed E-state index contributed by atoms with van der Waals surface area (Å²) < 4.78 is 5.73. The highest BCUT2D eigenvalue weighted by molar-refractivity contribution is 7.80. The quantitative estimate of drug-likeness (QED) is 0.361. The smallest absolute Gasteiger partial charge is 0.270 e. The average molecular weight is 466 g/mol. The lowest BCUT2D eigenvalue weighted by Crippen LogP contribution is -2.54. The number of carboxylic acid groups (broad SMARTS) is 1. The molecule has 1 aromatic heterocycles. The average Bonchev–Trinajstić information content (AvgIpc) is 3.21. The summed E-state index contributed by atoms with van der Waals surface area (Å²) in [4.78, 5) is 37.7. The summed E-state index contributed by atoms with van der Waals surface area (Å²) in [6, 6.07) is 14.6. The Labute approximate surface area is 192 Å². The van der Waals surface area contributed by atoms with E-state index in [4.69, 9.17) is 28.2 Å². The van der Waals surface area contributed by atoms with E-state index in [0.29, 0.717) is 17.0 Å². The van der Waals surface area contributed by atoms with Crippen molar-refractivity contribution in [2.75, 3.05) is 4.90 Å². The van der Waals surface area contributed by atoms with Crippen molar-refractivity contribution in [2.45, 2.75) is 6.92 Å². The highest BCUT2D eigenvalue weighted by atomic mass is 35.5. The standard InChI is InChI=1S/C23H15ClN2O5S/c1-12-2-5-14(6-3-12)26-21(28)17(20(27)25-23(26)32)11-15-7-9-19(31-15)13-4-8-16(22(29)30)18(24)10-13/h2-11H,1H3,(H,29,30)(H,25,27,32)/p-1/b17-11-.